The third kappa shape index (κ3) is 5.54. The van der Waals surface area contributed by atoms with Crippen LogP contribution in [0.3, 0.4) is 0 Å². The van der Waals surface area contributed by atoms with Gasteiger partial charge < -0.3 is 29.8 Å². The summed E-state index contributed by atoms with van der Waals surface area (Å²) >= 11 is 6.28. The van der Waals surface area contributed by atoms with Crippen molar-refractivity contribution in [1.29, 1.82) is 0 Å². The summed E-state index contributed by atoms with van der Waals surface area (Å²) < 4.78 is 10.7. The van der Waals surface area contributed by atoms with Gasteiger partial charge in [-0.15, -0.1) is 0 Å². The number of fused-ring (bicyclic) bond motifs is 1. The average molecular weight is 514 g/mol. The molecular formula is C28H36ClN3O4. The summed E-state index contributed by atoms with van der Waals surface area (Å²) in [5, 5.41) is 17.1. The number of nitrogens with one attached hydrogen (secondary N) is 2. The first kappa shape index (κ1) is 26.5. The molecule has 1 heterocycles. The highest BCUT2D eigenvalue weighted by Crippen LogP contribution is 2.43. The third-order valence-corrected chi connectivity index (χ3v) is 7.42. The molecule has 0 amide bonds. The van der Waals surface area contributed by atoms with E-state index in [2.05, 4.69) is 15.2 Å². The first-order valence-corrected chi connectivity index (χ1v) is 12.8. The first-order valence-electron chi connectivity index (χ1n) is 12.5. The van der Waals surface area contributed by atoms with Gasteiger partial charge in [-0.2, -0.15) is 0 Å². The number of benzene rings is 2. The minimum Gasteiger partial charge on any atom is -0.497 e. The van der Waals surface area contributed by atoms with Gasteiger partial charge in [-0.3, -0.25) is 0 Å². The molecule has 8 heteroatoms. The molecule has 3 N–H and O–H groups in total. The van der Waals surface area contributed by atoms with Crippen molar-refractivity contribution in [3.05, 3.63) is 64.3 Å². The molecule has 1 aliphatic carbocycles. The number of nitrogens with zero attached hydrogens (tertiary/aromatic N) is 1. The van der Waals surface area contributed by atoms with Crippen molar-refractivity contribution in [2.75, 3.05) is 34.4 Å². The minimum atomic E-state index is -0.943. The zero-order valence-corrected chi connectivity index (χ0v) is 22.2. The fourth-order valence-corrected chi connectivity index (χ4v) is 5.58. The molecule has 3 aromatic rings. The number of rotatable bonds is 9. The van der Waals surface area contributed by atoms with Gasteiger partial charge in [0.15, 0.2) is 0 Å². The van der Waals surface area contributed by atoms with Gasteiger partial charge in [0.05, 0.1) is 19.3 Å². The number of hydrogen-bond donors (Lipinski definition) is 3. The fraction of sp³-hybridized carbons (Fsp3) is 0.464. The molecule has 0 saturated heterocycles. The summed E-state index contributed by atoms with van der Waals surface area (Å²) in [6.07, 6.45) is 2.22. The van der Waals surface area contributed by atoms with Crippen molar-refractivity contribution >= 4 is 28.5 Å². The van der Waals surface area contributed by atoms with Crippen LogP contribution in [0.4, 0.5) is 0 Å². The summed E-state index contributed by atoms with van der Waals surface area (Å²) in [6, 6.07) is 13.5. The van der Waals surface area contributed by atoms with E-state index in [1.165, 1.54) is 0 Å². The maximum Gasteiger partial charge on any atom is 0.355 e. The maximum absolute atomic E-state index is 12.7. The lowest BCUT2D eigenvalue weighted by molar-refractivity contribution is -0.0694. The lowest BCUT2D eigenvalue weighted by atomic mass is 9.69. The van der Waals surface area contributed by atoms with E-state index in [0.29, 0.717) is 30.3 Å². The molecule has 0 spiro atoms. The monoisotopic (exact) mass is 513 g/mol. The fourth-order valence-electron chi connectivity index (χ4n) is 5.41. The predicted octanol–water partition coefficient (Wildman–Crippen LogP) is 4.71. The molecule has 1 fully saturated rings. The molecule has 0 bridgehead atoms. The smallest absolute Gasteiger partial charge is 0.355 e. The Morgan fingerprint density at radius 1 is 1.28 bits per heavy atom. The highest BCUT2D eigenvalue weighted by molar-refractivity contribution is 6.31. The Morgan fingerprint density at radius 2 is 2.08 bits per heavy atom. The Hall–Kier alpha value is -2.58. The van der Waals surface area contributed by atoms with Gasteiger partial charge in [0.25, 0.3) is 0 Å². The van der Waals surface area contributed by atoms with Gasteiger partial charge in [-0.05, 0) is 76.2 Å². The van der Waals surface area contributed by atoms with Crippen LogP contribution >= 0.6 is 11.6 Å². The number of aromatic amines is 1. The van der Waals surface area contributed by atoms with Crippen molar-refractivity contribution in [1.82, 2.24) is 15.2 Å². The number of H-pyrrole nitrogens is 1. The van der Waals surface area contributed by atoms with Crippen LogP contribution in [-0.2, 0) is 16.9 Å². The zero-order valence-electron chi connectivity index (χ0n) is 21.4. The van der Waals surface area contributed by atoms with E-state index in [4.69, 9.17) is 21.1 Å². The molecule has 194 valence electrons. The van der Waals surface area contributed by atoms with Crippen molar-refractivity contribution in [2.24, 2.45) is 5.92 Å². The van der Waals surface area contributed by atoms with Gasteiger partial charge in [0, 0.05) is 46.5 Å². The molecule has 2 aromatic carbocycles. The highest BCUT2D eigenvalue weighted by atomic mass is 35.5. The highest BCUT2D eigenvalue weighted by Gasteiger charge is 2.43. The van der Waals surface area contributed by atoms with E-state index in [1.807, 2.05) is 50.5 Å². The van der Waals surface area contributed by atoms with E-state index in [-0.39, 0.29) is 17.9 Å². The van der Waals surface area contributed by atoms with Crippen molar-refractivity contribution < 1.29 is 19.4 Å². The van der Waals surface area contributed by atoms with E-state index < -0.39 is 5.60 Å². The van der Waals surface area contributed by atoms with E-state index in [0.717, 1.165) is 47.2 Å². The molecule has 36 heavy (non-hydrogen) atoms. The van der Waals surface area contributed by atoms with Gasteiger partial charge >= 0.3 is 5.97 Å². The molecule has 7 nitrogen and oxygen atoms in total. The number of aliphatic hydroxyl groups is 1. The lowest BCUT2D eigenvalue weighted by Crippen LogP contribution is -2.49. The standard InChI is InChI=1S/C28H36ClN3O4/c1-5-36-27(33)26-24(23-15-20(29)9-10-25(23)31-26)16-30-21-11-12-28(34,19(13-21)17-32(2)3)18-7-6-8-22(14-18)35-4/h6-10,14-15,19,21,30-31,34H,5,11-13,16-17H2,1-4H3. The molecule has 1 saturated carbocycles. The largest absolute Gasteiger partial charge is 0.497 e. The molecule has 1 aromatic heterocycles. The van der Waals surface area contributed by atoms with E-state index in [9.17, 15) is 9.90 Å². The summed E-state index contributed by atoms with van der Waals surface area (Å²) in [6.45, 7) is 3.35. The molecule has 1 aliphatic rings. The maximum atomic E-state index is 12.7. The molecule has 3 atom stereocenters. The minimum absolute atomic E-state index is 0.0211. The number of ether oxygens (including phenoxy) is 2. The summed E-state index contributed by atoms with van der Waals surface area (Å²) in [5.41, 5.74) is 2.10. The Balaban J connectivity index is 1.56. The molecule has 0 aliphatic heterocycles. The van der Waals surface area contributed by atoms with Crippen LogP contribution in [0.5, 0.6) is 5.75 Å². The Morgan fingerprint density at radius 3 is 2.81 bits per heavy atom. The van der Waals surface area contributed by atoms with Gasteiger partial charge in [0.2, 0.25) is 0 Å². The second kappa shape index (κ2) is 11.2. The number of aromatic nitrogens is 1. The zero-order chi connectivity index (χ0) is 25.9. The summed E-state index contributed by atoms with van der Waals surface area (Å²) in [7, 11) is 5.71. The number of carbonyl (C=O) groups is 1. The molecule has 0 radical (unpaired) electrons. The van der Waals surface area contributed by atoms with Gasteiger partial charge in [-0.1, -0.05) is 23.7 Å². The number of hydrogen-bond acceptors (Lipinski definition) is 6. The molecule has 3 unspecified atom stereocenters. The first-order chi connectivity index (χ1) is 17.2. The predicted molar refractivity (Wildman–Crippen MR) is 143 cm³/mol. The van der Waals surface area contributed by atoms with Crippen LogP contribution in [0.25, 0.3) is 10.9 Å². The van der Waals surface area contributed by atoms with Gasteiger partial charge in [0.1, 0.15) is 11.4 Å². The van der Waals surface area contributed by atoms with Crippen molar-refractivity contribution in [3.8, 4) is 5.75 Å². The van der Waals surface area contributed by atoms with E-state index >= 15 is 0 Å². The van der Waals surface area contributed by atoms with Crippen LogP contribution < -0.4 is 10.1 Å². The normalized spacial score (nSPS) is 22.2. The molecular weight excluding hydrogens is 478 g/mol. The van der Waals surface area contributed by atoms with Crippen LogP contribution in [0.2, 0.25) is 5.02 Å². The van der Waals surface area contributed by atoms with Crippen LogP contribution in [0.15, 0.2) is 42.5 Å². The Kier molecular flexibility index (Phi) is 8.25. The number of carbonyl (C=O) groups excluding carboxylic acids is 1. The number of methoxy groups -OCH3 is 1. The molecule has 4 rings (SSSR count). The second-order valence-corrected chi connectivity index (χ2v) is 10.3. The van der Waals surface area contributed by atoms with Gasteiger partial charge in [-0.25, -0.2) is 4.79 Å². The Bertz CT molecular complexity index is 1210. The average Bonchev–Trinajstić information content (AvgIpc) is 3.22. The van der Waals surface area contributed by atoms with E-state index in [1.54, 1.807) is 20.1 Å². The SMILES string of the molecule is CCOC(=O)c1[nH]c2ccc(Cl)cc2c1CNC1CCC(O)(c2cccc(OC)c2)C(CN(C)C)C1. The summed E-state index contributed by atoms with van der Waals surface area (Å²) in [4.78, 5) is 18.0. The van der Waals surface area contributed by atoms with Crippen molar-refractivity contribution in [3.63, 3.8) is 0 Å². The number of esters is 1. The van der Waals surface area contributed by atoms with Crippen molar-refractivity contribution in [2.45, 2.75) is 44.4 Å². The lowest BCUT2D eigenvalue weighted by Gasteiger charge is -2.45. The number of halogens is 1. The Labute approximate surface area is 217 Å². The van der Waals surface area contributed by atoms with Crippen LogP contribution in [-0.4, -0.2) is 61.4 Å². The summed E-state index contributed by atoms with van der Waals surface area (Å²) in [5.74, 6) is 0.394. The quantitative estimate of drug-likeness (QED) is 0.359. The third-order valence-electron chi connectivity index (χ3n) is 7.19. The topological polar surface area (TPSA) is 86.8 Å². The second-order valence-electron chi connectivity index (χ2n) is 9.86. The van der Waals surface area contributed by atoms with Crippen LogP contribution in [0.1, 0.15) is 47.8 Å². The van der Waals surface area contributed by atoms with Crippen LogP contribution in [0, 0.1) is 5.92 Å².